The zero-order valence-corrected chi connectivity index (χ0v) is 8.12. The third-order valence-corrected chi connectivity index (χ3v) is 1.92. The SMILES string of the molecule is N#C/C(=C\c1cccc(Cl)c1F)C(=O)O. The lowest BCUT2D eigenvalue weighted by atomic mass is 10.1. The Morgan fingerprint density at radius 2 is 2.27 bits per heavy atom. The number of hydrogen-bond donors (Lipinski definition) is 1. The van der Waals surface area contributed by atoms with Gasteiger partial charge in [-0.2, -0.15) is 5.26 Å². The first-order valence-corrected chi connectivity index (χ1v) is 4.23. The summed E-state index contributed by atoms with van der Waals surface area (Å²) in [6.45, 7) is 0. The lowest BCUT2D eigenvalue weighted by Gasteiger charge is -1.98. The topological polar surface area (TPSA) is 61.1 Å². The van der Waals surface area contributed by atoms with Crippen molar-refractivity contribution in [2.24, 2.45) is 0 Å². The van der Waals surface area contributed by atoms with Crippen molar-refractivity contribution in [3.8, 4) is 6.07 Å². The summed E-state index contributed by atoms with van der Waals surface area (Å²) in [6.07, 6.45) is 0.934. The third kappa shape index (κ3) is 2.55. The largest absolute Gasteiger partial charge is 0.477 e. The van der Waals surface area contributed by atoms with E-state index < -0.39 is 17.4 Å². The van der Waals surface area contributed by atoms with Crippen LogP contribution < -0.4 is 0 Å². The number of aliphatic carboxylic acids is 1. The van der Waals surface area contributed by atoms with E-state index in [-0.39, 0.29) is 10.6 Å². The molecule has 1 rings (SSSR count). The van der Waals surface area contributed by atoms with Gasteiger partial charge in [-0.25, -0.2) is 9.18 Å². The Bertz CT molecular complexity index is 477. The summed E-state index contributed by atoms with van der Waals surface area (Å²) in [6, 6.07) is 5.58. The van der Waals surface area contributed by atoms with Crippen LogP contribution in [-0.2, 0) is 4.79 Å². The van der Waals surface area contributed by atoms with Gasteiger partial charge in [0.15, 0.2) is 0 Å². The van der Waals surface area contributed by atoms with Crippen LogP contribution in [-0.4, -0.2) is 11.1 Å². The Balaban J connectivity index is 3.25. The van der Waals surface area contributed by atoms with E-state index in [4.69, 9.17) is 22.0 Å². The number of halogens is 2. The molecular formula is C10H5ClFNO2. The number of carbonyl (C=O) groups is 1. The Hall–Kier alpha value is -1.86. The highest BCUT2D eigenvalue weighted by Gasteiger charge is 2.09. The molecule has 76 valence electrons. The summed E-state index contributed by atoms with van der Waals surface area (Å²) in [7, 11) is 0. The molecule has 0 spiro atoms. The molecule has 0 aromatic heterocycles. The van der Waals surface area contributed by atoms with Crippen LogP contribution in [0.3, 0.4) is 0 Å². The van der Waals surface area contributed by atoms with Crippen molar-refractivity contribution in [3.63, 3.8) is 0 Å². The lowest BCUT2D eigenvalue weighted by Crippen LogP contribution is -1.98. The van der Waals surface area contributed by atoms with Crippen LogP contribution in [0.25, 0.3) is 6.08 Å². The molecule has 0 amide bonds. The molecule has 1 N–H and O–H groups in total. The van der Waals surface area contributed by atoms with Gasteiger partial charge in [0.05, 0.1) is 5.02 Å². The van der Waals surface area contributed by atoms with Crippen molar-refractivity contribution >= 4 is 23.6 Å². The summed E-state index contributed by atoms with van der Waals surface area (Å²) in [5, 5.41) is 16.9. The van der Waals surface area contributed by atoms with E-state index >= 15 is 0 Å². The Morgan fingerprint density at radius 1 is 1.60 bits per heavy atom. The molecule has 0 radical (unpaired) electrons. The van der Waals surface area contributed by atoms with Gasteiger partial charge in [-0.3, -0.25) is 0 Å². The molecule has 3 nitrogen and oxygen atoms in total. The summed E-state index contributed by atoms with van der Waals surface area (Å²) in [5.41, 5.74) is -0.572. The standard InChI is InChI=1S/C10H5ClFNO2/c11-8-3-1-2-6(9(8)12)4-7(5-13)10(14)15/h1-4H,(H,14,15)/b7-4+. The maximum absolute atomic E-state index is 13.3. The average Bonchev–Trinajstić information content (AvgIpc) is 2.19. The second-order valence-corrected chi connectivity index (χ2v) is 3.03. The Morgan fingerprint density at radius 3 is 2.80 bits per heavy atom. The van der Waals surface area contributed by atoms with Crippen LogP contribution in [0.4, 0.5) is 4.39 Å². The number of nitriles is 1. The molecule has 0 aliphatic heterocycles. The molecule has 0 fully saturated rings. The molecule has 0 aliphatic carbocycles. The van der Waals surface area contributed by atoms with Crippen LogP contribution in [0.5, 0.6) is 0 Å². The normalized spacial score (nSPS) is 10.9. The van der Waals surface area contributed by atoms with Crippen LogP contribution in [0.15, 0.2) is 23.8 Å². The first-order chi connectivity index (χ1) is 7.06. The van der Waals surface area contributed by atoms with Crippen molar-refractivity contribution in [1.82, 2.24) is 0 Å². The highest BCUT2D eigenvalue weighted by atomic mass is 35.5. The fourth-order valence-corrected chi connectivity index (χ4v) is 1.11. The molecule has 0 heterocycles. The number of nitrogens with zero attached hydrogens (tertiary/aromatic N) is 1. The predicted molar refractivity (Wildman–Crippen MR) is 52.6 cm³/mol. The zero-order chi connectivity index (χ0) is 11.4. The van der Waals surface area contributed by atoms with E-state index in [1.807, 2.05) is 0 Å². The second-order valence-electron chi connectivity index (χ2n) is 2.62. The number of rotatable bonds is 2. The van der Waals surface area contributed by atoms with Crippen molar-refractivity contribution in [2.45, 2.75) is 0 Å². The summed E-state index contributed by atoms with van der Waals surface area (Å²) in [5.74, 6) is -2.15. The molecular weight excluding hydrogens is 221 g/mol. The van der Waals surface area contributed by atoms with Crippen molar-refractivity contribution < 1.29 is 14.3 Å². The molecule has 15 heavy (non-hydrogen) atoms. The van der Waals surface area contributed by atoms with E-state index in [0.29, 0.717) is 0 Å². The molecule has 0 bridgehead atoms. The summed E-state index contributed by atoms with van der Waals surface area (Å²) in [4.78, 5) is 10.5. The van der Waals surface area contributed by atoms with E-state index in [0.717, 1.165) is 6.08 Å². The van der Waals surface area contributed by atoms with Gasteiger partial charge in [-0.15, -0.1) is 0 Å². The highest BCUT2D eigenvalue weighted by molar-refractivity contribution is 6.30. The van der Waals surface area contributed by atoms with Gasteiger partial charge >= 0.3 is 5.97 Å². The van der Waals surface area contributed by atoms with Gasteiger partial charge in [-0.05, 0) is 12.1 Å². The van der Waals surface area contributed by atoms with E-state index in [9.17, 15) is 9.18 Å². The van der Waals surface area contributed by atoms with Crippen molar-refractivity contribution in [2.75, 3.05) is 0 Å². The molecule has 5 heteroatoms. The molecule has 0 saturated carbocycles. The summed E-state index contributed by atoms with van der Waals surface area (Å²) < 4.78 is 13.3. The first-order valence-electron chi connectivity index (χ1n) is 3.85. The Labute approximate surface area is 90.0 Å². The molecule has 0 unspecified atom stereocenters. The number of carboxylic acid groups (broad SMARTS) is 1. The van der Waals surface area contributed by atoms with Crippen LogP contribution >= 0.6 is 11.6 Å². The second kappa shape index (κ2) is 4.58. The molecule has 0 atom stereocenters. The van der Waals surface area contributed by atoms with Crippen LogP contribution in [0, 0.1) is 17.1 Å². The van der Waals surface area contributed by atoms with Gasteiger partial charge in [0, 0.05) is 5.56 Å². The van der Waals surface area contributed by atoms with Crippen molar-refractivity contribution in [1.29, 1.82) is 5.26 Å². The fourth-order valence-electron chi connectivity index (χ4n) is 0.929. The molecule has 0 aliphatic rings. The number of carboxylic acids is 1. The van der Waals surface area contributed by atoms with Gasteiger partial charge in [0.1, 0.15) is 17.5 Å². The first kappa shape index (κ1) is 11.2. The molecule has 0 saturated heterocycles. The zero-order valence-electron chi connectivity index (χ0n) is 7.37. The lowest BCUT2D eigenvalue weighted by molar-refractivity contribution is -0.132. The number of hydrogen-bond acceptors (Lipinski definition) is 2. The van der Waals surface area contributed by atoms with Gasteiger partial charge < -0.3 is 5.11 Å². The minimum atomic E-state index is -1.41. The fraction of sp³-hybridized carbons (Fsp3) is 0. The van der Waals surface area contributed by atoms with Crippen LogP contribution in [0.2, 0.25) is 5.02 Å². The average molecular weight is 226 g/mol. The maximum atomic E-state index is 13.3. The quantitative estimate of drug-likeness (QED) is 0.621. The predicted octanol–water partition coefficient (Wildman–Crippen LogP) is 2.47. The monoisotopic (exact) mass is 225 g/mol. The van der Waals surface area contributed by atoms with E-state index in [1.165, 1.54) is 24.3 Å². The molecule has 1 aromatic carbocycles. The minimum absolute atomic E-state index is 0.0264. The minimum Gasteiger partial charge on any atom is -0.477 e. The van der Waals surface area contributed by atoms with Gasteiger partial charge in [0.2, 0.25) is 0 Å². The number of benzene rings is 1. The van der Waals surface area contributed by atoms with Gasteiger partial charge in [-0.1, -0.05) is 23.7 Å². The van der Waals surface area contributed by atoms with E-state index in [1.54, 1.807) is 0 Å². The smallest absolute Gasteiger partial charge is 0.346 e. The molecule has 1 aromatic rings. The Kier molecular flexibility index (Phi) is 3.42. The highest BCUT2D eigenvalue weighted by Crippen LogP contribution is 2.19. The van der Waals surface area contributed by atoms with Gasteiger partial charge in [0.25, 0.3) is 0 Å². The maximum Gasteiger partial charge on any atom is 0.346 e. The van der Waals surface area contributed by atoms with E-state index in [2.05, 4.69) is 0 Å². The summed E-state index contributed by atoms with van der Waals surface area (Å²) >= 11 is 5.49. The van der Waals surface area contributed by atoms with Crippen LogP contribution in [0.1, 0.15) is 5.56 Å². The van der Waals surface area contributed by atoms with Crippen molar-refractivity contribution in [3.05, 3.63) is 40.2 Å². The third-order valence-electron chi connectivity index (χ3n) is 1.63.